The molecular formula is C16H23NO4. The molecule has 1 aromatic rings. The average Bonchev–Trinajstić information content (AvgIpc) is 2.50. The predicted molar refractivity (Wildman–Crippen MR) is 79.7 cm³/mol. The Hall–Kier alpha value is -1.75. The van der Waals surface area contributed by atoms with Crippen LogP contribution in [0.5, 0.6) is 11.5 Å². The molecule has 1 aliphatic rings. The predicted octanol–water partition coefficient (Wildman–Crippen LogP) is 1.67. The van der Waals surface area contributed by atoms with Crippen LogP contribution in [-0.2, 0) is 11.2 Å². The van der Waals surface area contributed by atoms with E-state index >= 15 is 0 Å². The van der Waals surface area contributed by atoms with Crippen molar-refractivity contribution in [3.05, 3.63) is 23.8 Å². The highest BCUT2D eigenvalue weighted by Gasteiger charge is 2.24. The van der Waals surface area contributed by atoms with Crippen LogP contribution in [0.25, 0.3) is 0 Å². The number of carbonyl (C=O) groups is 1. The van der Waals surface area contributed by atoms with Crippen LogP contribution in [0.1, 0.15) is 31.2 Å². The summed E-state index contributed by atoms with van der Waals surface area (Å²) >= 11 is 0. The zero-order valence-electron chi connectivity index (χ0n) is 12.6. The van der Waals surface area contributed by atoms with E-state index in [2.05, 4.69) is 5.32 Å². The van der Waals surface area contributed by atoms with Crippen LogP contribution in [0, 0.1) is 0 Å². The zero-order valence-corrected chi connectivity index (χ0v) is 12.6. The molecule has 116 valence electrons. The molecule has 0 heterocycles. The minimum absolute atomic E-state index is 0.0931. The topological polar surface area (TPSA) is 67.8 Å². The monoisotopic (exact) mass is 293 g/mol. The Morgan fingerprint density at radius 2 is 2.05 bits per heavy atom. The van der Waals surface area contributed by atoms with Crippen molar-refractivity contribution >= 4 is 5.91 Å². The highest BCUT2D eigenvalue weighted by Crippen LogP contribution is 2.25. The molecule has 0 unspecified atom stereocenters. The van der Waals surface area contributed by atoms with Gasteiger partial charge in [0.1, 0.15) is 11.5 Å². The summed E-state index contributed by atoms with van der Waals surface area (Å²) in [5, 5.41) is 12.8. The fraction of sp³-hybridized carbons (Fsp3) is 0.562. The first-order valence-corrected chi connectivity index (χ1v) is 7.32. The molecule has 2 rings (SSSR count). The number of rotatable bonds is 5. The van der Waals surface area contributed by atoms with Crippen molar-refractivity contribution in [2.45, 2.75) is 44.2 Å². The molecule has 0 radical (unpaired) electrons. The van der Waals surface area contributed by atoms with Gasteiger partial charge in [-0.25, -0.2) is 0 Å². The maximum Gasteiger partial charge on any atom is 0.224 e. The van der Waals surface area contributed by atoms with Crippen molar-refractivity contribution < 1.29 is 19.4 Å². The maximum atomic E-state index is 12.1. The van der Waals surface area contributed by atoms with Crippen LogP contribution >= 0.6 is 0 Å². The largest absolute Gasteiger partial charge is 0.497 e. The molecule has 0 saturated heterocycles. The zero-order chi connectivity index (χ0) is 15.2. The number of aliphatic hydroxyl groups excluding tert-OH is 1. The first-order chi connectivity index (χ1) is 10.1. The quantitative estimate of drug-likeness (QED) is 0.866. The second kappa shape index (κ2) is 7.31. The number of hydrogen-bond donors (Lipinski definition) is 2. The van der Waals surface area contributed by atoms with Gasteiger partial charge < -0.3 is 19.9 Å². The number of hydrogen-bond acceptors (Lipinski definition) is 4. The van der Waals surface area contributed by atoms with Gasteiger partial charge in [-0.2, -0.15) is 0 Å². The van der Waals surface area contributed by atoms with Gasteiger partial charge in [0, 0.05) is 11.6 Å². The van der Waals surface area contributed by atoms with Crippen LogP contribution < -0.4 is 14.8 Å². The van der Waals surface area contributed by atoms with E-state index < -0.39 is 6.10 Å². The van der Waals surface area contributed by atoms with Crippen molar-refractivity contribution in [1.29, 1.82) is 0 Å². The molecule has 5 nitrogen and oxygen atoms in total. The van der Waals surface area contributed by atoms with Crippen molar-refractivity contribution in [2.24, 2.45) is 0 Å². The summed E-state index contributed by atoms with van der Waals surface area (Å²) in [6.45, 7) is 0. The molecule has 1 aromatic carbocycles. The Morgan fingerprint density at radius 1 is 1.29 bits per heavy atom. The van der Waals surface area contributed by atoms with E-state index in [1.54, 1.807) is 26.4 Å². The number of aliphatic hydroxyl groups is 1. The van der Waals surface area contributed by atoms with E-state index in [9.17, 15) is 9.90 Å². The minimum Gasteiger partial charge on any atom is -0.497 e. The standard InChI is InChI=1S/C16H23NO4/c1-20-12-8-7-11(15(10-12)21-2)9-16(19)17-13-5-3-4-6-14(13)18/h7-8,10,13-14,18H,3-6,9H2,1-2H3,(H,17,19)/t13-,14-/m1/s1. The van der Waals surface area contributed by atoms with Crippen LogP contribution in [-0.4, -0.2) is 37.4 Å². The Bertz CT molecular complexity index is 489. The Kier molecular flexibility index (Phi) is 5.44. The summed E-state index contributed by atoms with van der Waals surface area (Å²) in [5.74, 6) is 1.23. The summed E-state index contributed by atoms with van der Waals surface area (Å²) in [6, 6.07) is 5.27. The van der Waals surface area contributed by atoms with E-state index in [0.29, 0.717) is 11.5 Å². The van der Waals surface area contributed by atoms with Gasteiger partial charge in [0.15, 0.2) is 0 Å². The van der Waals surface area contributed by atoms with E-state index in [1.165, 1.54) is 0 Å². The lowest BCUT2D eigenvalue weighted by Crippen LogP contribution is -2.45. The van der Waals surface area contributed by atoms with Gasteiger partial charge in [-0.15, -0.1) is 0 Å². The Balaban J connectivity index is 1.98. The second-order valence-electron chi connectivity index (χ2n) is 5.38. The number of amides is 1. The molecule has 0 aromatic heterocycles. The molecule has 1 aliphatic carbocycles. The highest BCUT2D eigenvalue weighted by molar-refractivity contribution is 5.79. The summed E-state index contributed by atoms with van der Waals surface area (Å²) < 4.78 is 10.4. The molecule has 2 atom stereocenters. The van der Waals surface area contributed by atoms with Gasteiger partial charge in [-0.05, 0) is 18.9 Å². The van der Waals surface area contributed by atoms with Gasteiger partial charge in [0.05, 0.1) is 32.8 Å². The molecule has 1 amide bonds. The summed E-state index contributed by atoms with van der Waals surface area (Å²) in [5.41, 5.74) is 0.807. The van der Waals surface area contributed by atoms with Gasteiger partial charge in [0.25, 0.3) is 0 Å². The first-order valence-electron chi connectivity index (χ1n) is 7.32. The van der Waals surface area contributed by atoms with E-state index in [0.717, 1.165) is 31.2 Å². The van der Waals surface area contributed by atoms with Gasteiger partial charge in [-0.3, -0.25) is 4.79 Å². The molecule has 2 N–H and O–H groups in total. The third-order valence-electron chi connectivity index (χ3n) is 3.92. The summed E-state index contributed by atoms with van der Waals surface area (Å²) in [7, 11) is 3.16. The molecule has 21 heavy (non-hydrogen) atoms. The number of nitrogens with one attached hydrogen (secondary N) is 1. The van der Waals surface area contributed by atoms with Gasteiger partial charge >= 0.3 is 0 Å². The van der Waals surface area contributed by atoms with E-state index in [-0.39, 0.29) is 18.4 Å². The molecule has 5 heteroatoms. The summed E-state index contributed by atoms with van der Waals surface area (Å²) in [4.78, 5) is 12.1. The van der Waals surface area contributed by atoms with Crippen molar-refractivity contribution in [2.75, 3.05) is 14.2 Å². The lowest BCUT2D eigenvalue weighted by atomic mass is 9.92. The van der Waals surface area contributed by atoms with Gasteiger partial charge in [-0.1, -0.05) is 18.9 Å². The molecule has 1 fully saturated rings. The number of benzene rings is 1. The minimum atomic E-state index is -0.430. The SMILES string of the molecule is COc1ccc(CC(=O)N[C@@H]2CCCC[C@H]2O)c(OC)c1. The summed E-state index contributed by atoms with van der Waals surface area (Å²) in [6.07, 6.45) is 3.48. The van der Waals surface area contributed by atoms with E-state index in [4.69, 9.17) is 9.47 Å². The first kappa shape index (κ1) is 15.6. The third-order valence-corrected chi connectivity index (χ3v) is 3.92. The lowest BCUT2D eigenvalue weighted by molar-refractivity contribution is -0.122. The third kappa shape index (κ3) is 4.11. The molecule has 0 spiro atoms. The fourth-order valence-corrected chi connectivity index (χ4v) is 2.71. The van der Waals surface area contributed by atoms with Crippen LogP contribution in [0.3, 0.4) is 0 Å². The number of carbonyl (C=O) groups excluding carboxylic acids is 1. The normalized spacial score (nSPS) is 21.7. The van der Waals surface area contributed by atoms with Gasteiger partial charge in [0.2, 0.25) is 5.91 Å². The molecule has 0 aliphatic heterocycles. The number of methoxy groups -OCH3 is 2. The Morgan fingerprint density at radius 3 is 2.71 bits per heavy atom. The van der Waals surface area contributed by atoms with Crippen LogP contribution in [0.15, 0.2) is 18.2 Å². The molecule has 1 saturated carbocycles. The molecule has 0 bridgehead atoms. The Labute approximate surface area is 125 Å². The van der Waals surface area contributed by atoms with E-state index in [1.807, 2.05) is 6.07 Å². The van der Waals surface area contributed by atoms with Crippen molar-refractivity contribution in [1.82, 2.24) is 5.32 Å². The smallest absolute Gasteiger partial charge is 0.224 e. The average molecular weight is 293 g/mol. The fourth-order valence-electron chi connectivity index (χ4n) is 2.71. The maximum absolute atomic E-state index is 12.1. The lowest BCUT2D eigenvalue weighted by Gasteiger charge is -2.28. The van der Waals surface area contributed by atoms with Crippen LogP contribution in [0.4, 0.5) is 0 Å². The second-order valence-corrected chi connectivity index (χ2v) is 5.38. The molecular weight excluding hydrogens is 270 g/mol. The van der Waals surface area contributed by atoms with Crippen molar-refractivity contribution in [3.8, 4) is 11.5 Å². The highest BCUT2D eigenvalue weighted by atomic mass is 16.5. The van der Waals surface area contributed by atoms with Crippen molar-refractivity contribution in [3.63, 3.8) is 0 Å². The number of ether oxygens (including phenoxy) is 2. The van der Waals surface area contributed by atoms with Crippen LogP contribution in [0.2, 0.25) is 0 Å².